The number of rotatable bonds is 0. The minimum Gasteiger partial charge on any atom is -0.278 e. The first-order chi connectivity index (χ1) is 12.6. The fourth-order valence-corrected chi connectivity index (χ4v) is 2.83. The Kier molecular flexibility index (Phi) is 5.06. The molecule has 0 radical (unpaired) electrons. The van der Waals surface area contributed by atoms with Crippen LogP contribution in [0.3, 0.4) is 0 Å². The van der Waals surface area contributed by atoms with E-state index >= 15 is 0 Å². The molecule has 4 rings (SSSR count). The molecule has 0 aliphatic heterocycles. The lowest BCUT2D eigenvalue weighted by atomic mass is 10.1. The zero-order valence-corrected chi connectivity index (χ0v) is 15.2. The number of aromatic nitrogens is 4. The number of hydrogen-bond donors (Lipinski definition) is 2. The molecule has 0 amide bonds. The van der Waals surface area contributed by atoms with Crippen LogP contribution in [0.4, 0.5) is 26.3 Å². The molecular weight excluding hydrogens is 489 g/mol. The Labute approximate surface area is 161 Å². The summed E-state index contributed by atoms with van der Waals surface area (Å²) in [6, 6.07) is 6.95. The highest BCUT2D eigenvalue weighted by Gasteiger charge is 2.31. The summed E-state index contributed by atoms with van der Waals surface area (Å²) in [5.41, 5.74) is -0.152. The molecule has 2 aromatic carbocycles. The molecule has 0 aliphatic rings. The fourth-order valence-electron chi connectivity index (χ4n) is 2.27. The molecular formula is C16H9F6IN4. The summed E-state index contributed by atoms with van der Waals surface area (Å²) in [7, 11) is 0. The number of benzene rings is 2. The van der Waals surface area contributed by atoms with Crippen LogP contribution in [0.15, 0.2) is 42.6 Å². The van der Waals surface area contributed by atoms with Crippen molar-refractivity contribution in [2.24, 2.45) is 0 Å². The molecule has 4 aromatic rings. The van der Waals surface area contributed by atoms with Crippen molar-refractivity contribution in [1.82, 2.24) is 20.4 Å². The Bertz CT molecular complexity index is 1080. The van der Waals surface area contributed by atoms with Crippen LogP contribution >= 0.6 is 22.6 Å². The molecule has 27 heavy (non-hydrogen) atoms. The van der Waals surface area contributed by atoms with Crippen molar-refractivity contribution in [3.05, 3.63) is 57.4 Å². The van der Waals surface area contributed by atoms with Gasteiger partial charge in [0.25, 0.3) is 0 Å². The predicted molar refractivity (Wildman–Crippen MR) is 94.9 cm³/mol. The van der Waals surface area contributed by atoms with Gasteiger partial charge in [-0.1, -0.05) is 0 Å². The summed E-state index contributed by atoms with van der Waals surface area (Å²) < 4.78 is 74.2. The highest BCUT2D eigenvalue weighted by Crippen LogP contribution is 2.32. The topological polar surface area (TPSA) is 57.4 Å². The Morgan fingerprint density at radius 1 is 0.815 bits per heavy atom. The van der Waals surface area contributed by atoms with Crippen molar-refractivity contribution in [1.29, 1.82) is 0 Å². The average Bonchev–Trinajstić information content (AvgIpc) is 3.20. The van der Waals surface area contributed by atoms with E-state index in [0.29, 0.717) is 25.5 Å². The van der Waals surface area contributed by atoms with E-state index < -0.39 is 23.5 Å². The van der Waals surface area contributed by atoms with Gasteiger partial charge < -0.3 is 0 Å². The van der Waals surface area contributed by atoms with E-state index in [1.165, 1.54) is 18.3 Å². The molecule has 142 valence electrons. The summed E-state index contributed by atoms with van der Waals surface area (Å²) >= 11 is 1.91. The number of H-pyrrole nitrogens is 2. The largest absolute Gasteiger partial charge is 0.416 e. The maximum atomic E-state index is 12.3. The van der Waals surface area contributed by atoms with E-state index in [1.54, 1.807) is 0 Å². The lowest BCUT2D eigenvalue weighted by Gasteiger charge is -2.05. The van der Waals surface area contributed by atoms with Crippen molar-refractivity contribution < 1.29 is 26.3 Å². The molecule has 2 heterocycles. The molecule has 4 nitrogen and oxygen atoms in total. The molecule has 2 N–H and O–H groups in total. The Morgan fingerprint density at radius 3 is 2.11 bits per heavy atom. The van der Waals surface area contributed by atoms with Gasteiger partial charge in [-0.15, -0.1) is 0 Å². The van der Waals surface area contributed by atoms with Gasteiger partial charge in [0.05, 0.1) is 28.4 Å². The second-order valence-electron chi connectivity index (χ2n) is 5.44. The van der Waals surface area contributed by atoms with E-state index in [2.05, 4.69) is 20.4 Å². The maximum Gasteiger partial charge on any atom is 0.416 e. The van der Waals surface area contributed by atoms with Gasteiger partial charge in [-0.3, -0.25) is 10.2 Å². The highest BCUT2D eigenvalue weighted by molar-refractivity contribution is 14.1. The van der Waals surface area contributed by atoms with Crippen LogP contribution in [-0.2, 0) is 12.4 Å². The van der Waals surface area contributed by atoms with Gasteiger partial charge in [-0.2, -0.15) is 36.5 Å². The highest BCUT2D eigenvalue weighted by atomic mass is 127. The van der Waals surface area contributed by atoms with Gasteiger partial charge >= 0.3 is 12.4 Å². The number of nitrogens with zero attached hydrogens (tertiary/aromatic N) is 2. The molecule has 0 bridgehead atoms. The molecule has 11 heteroatoms. The van der Waals surface area contributed by atoms with Crippen molar-refractivity contribution in [2.75, 3.05) is 0 Å². The molecule has 0 aliphatic carbocycles. The van der Waals surface area contributed by atoms with Crippen molar-refractivity contribution in [3.8, 4) is 0 Å². The Hall–Kier alpha value is -2.31. The number of nitrogens with one attached hydrogen (secondary N) is 2. The average molecular weight is 498 g/mol. The summed E-state index contributed by atoms with van der Waals surface area (Å²) in [4.78, 5) is 0. The minimum absolute atomic E-state index is 0.467. The first-order valence-electron chi connectivity index (χ1n) is 7.27. The lowest BCUT2D eigenvalue weighted by molar-refractivity contribution is -0.138. The van der Waals surface area contributed by atoms with Crippen LogP contribution in [0.5, 0.6) is 0 Å². The van der Waals surface area contributed by atoms with Gasteiger partial charge in [-0.05, 0) is 59.0 Å². The van der Waals surface area contributed by atoms with Crippen molar-refractivity contribution >= 4 is 44.4 Å². The van der Waals surface area contributed by atoms with Crippen LogP contribution in [0.1, 0.15) is 11.1 Å². The van der Waals surface area contributed by atoms with E-state index in [9.17, 15) is 26.3 Å². The summed E-state index contributed by atoms with van der Waals surface area (Å²) in [5.74, 6) is 0. The molecule has 0 fully saturated rings. The lowest BCUT2D eigenvalue weighted by Crippen LogP contribution is -2.04. The van der Waals surface area contributed by atoms with Crippen molar-refractivity contribution in [3.63, 3.8) is 0 Å². The van der Waals surface area contributed by atoms with E-state index in [-0.39, 0.29) is 0 Å². The summed E-state index contributed by atoms with van der Waals surface area (Å²) in [6.07, 6.45) is -7.22. The number of halogens is 7. The SMILES string of the molecule is FC(F)(F)c1ccc2[nH]ncc2c1.FC(F)(F)c1ccc2n[nH]c(I)c2c1. The molecule has 0 atom stereocenters. The Balaban J connectivity index is 0.000000156. The van der Waals surface area contributed by atoms with Crippen LogP contribution in [0.2, 0.25) is 0 Å². The Morgan fingerprint density at radius 2 is 1.44 bits per heavy atom. The molecule has 2 aromatic heterocycles. The van der Waals surface area contributed by atoms with E-state index in [1.807, 2.05) is 22.6 Å². The quantitative estimate of drug-likeness (QED) is 0.239. The van der Waals surface area contributed by atoms with E-state index in [4.69, 9.17) is 0 Å². The third-order valence-corrected chi connectivity index (χ3v) is 4.42. The second-order valence-corrected chi connectivity index (χ2v) is 6.52. The van der Waals surface area contributed by atoms with Crippen molar-refractivity contribution in [2.45, 2.75) is 12.4 Å². The summed E-state index contributed by atoms with van der Waals surface area (Å²) in [5, 5.41) is 13.6. The minimum atomic E-state index is -4.30. The molecule has 0 unspecified atom stereocenters. The standard InChI is InChI=1S/C8H4F3IN2.C8H5F3N2/c9-8(10,11)4-1-2-6-5(3-4)7(12)14-13-6;9-8(10,11)6-1-2-7-5(3-6)4-12-13-7/h1-3H,(H,13,14);1-4H,(H,12,13). The first kappa shape index (κ1) is 19.5. The number of fused-ring (bicyclic) bond motifs is 2. The normalized spacial score (nSPS) is 12.3. The zero-order chi connectivity index (χ0) is 19.8. The van der Waals surface area contributed by atoms with Crippen LogP contribution in [-0.4, -0.2) is 20.4 Å². The van der Waals surface area contributed by atoms with Crippen LogP contribution in [0, 0.1) is 3.70 Å². The van der Waals surface area contributed by atoms with Crippen LogP contribution < -0.4 is 0 Å². The number of alkyl halides is 6. The van der Waals surface area contributed by atoms with Crippen LogP contribution in [0.25, 0.3) is 21.8 Å². The number of aromatic amines is 2. The van der Waals surface area contributed by atoms with E-state index in [0.717, 1.165) is 24.3 Å². The van der Waals surface area contributed by atoms with Gasteiger partial charge in [0.15, 0.2) is 0 Å². The van der Waals surface area contributed by atoms with Gasteiger partial charge in [0.2, 0.25) is 0 Å². The molecule has 0 saturated carbocycles. The van der Waals surface area contributed by atoms with Gasteiger partial charge in [0.1, 0.15) is 3.70 Å². The zero-order valence-electron chi connectivity index (χ0n) is 13.1. The first-order valence-corrected chi connectivity index (χ1v) is 8.35. The second kappa shape index (κ2) is 7.02. The fraction of sp³-hybridized carbons (Fsp3) is 0.125. The van der Waals surface area contributed by atoms with Gasteiger partial charge in [-0.25, -0.2) is 0 Å². The van der Waals surface area contributed by atoms with Gasteiger partial charge in [0, 0.05) is 10.8 Å². The summed E-state index contributed by atoms with van der Waals surface area (Å²) in [6.45, 7) is 0. The third-order valence-electron chi connectivity index (χ3n) is 3.60. The smallest absolute Gasteiger partial charge is 0.278 e. The maximum absolute atomic E-state index is 12.3. The predicted octanol–water partition coefficient (Wildman–Crippen LogP) is 5.77. The molecule has 0 saturated heterocycles. The number of hydrogen-bond acceptors (Lipinski definition) is 2. The monoisotopic (exact) mass is 498 g/mol. The third kappa shape index (κ3) is 4.34. The molecule has 0 spiro atoms.